The number of imide groups is 1. The first kappa shape index (κ1) is 19.9. The number of benzene rings is 1. The number of unbranched alkanes of at least 4 members (excludes halogenated alkanes) is 4. The zero-order chi connectivity index (χ0) is 20.1. The van der Waals surface area contributed by atoms with Gasteiger partial charge in [0.2, 0.25) is 11.8 Å². The van der Waals surface area contributed by atoms with Crippen LogP contribution in [0.4, 0.5) is 0 Å². The van der Waals surface area contributed by atoms with Crippen LogP contribution >= 0.6 is 0 Å². The zero-order valence-corrected chi connectivity index (χ0v) is 15.7. The number of amides is 2. The van der Waals surface area contributed by atoms with Crippen molar-refractivity contribution in [2.24, 2.45) is 0 Å². The summed E-state index contributed by atoms with van der Waals surface area (Å²) in [6.07, 6.45) is 4.90. The highest BCUT2D eigenvalue weighted by Crippen LogP contribution is 2.23. The van der Waals surface area contributed by atoms with E-state index < -0.39 is 17.9 Å². The van der Waals surface area contributed by atoms with Gasteiger partial charge in [-0.3, -0.25) is 28.8 Å². The summed E-state index contributed by atoms with van der Waals surface area (Å²) in [5.41, 5.74) is 1.24. The number of carbonyl (C=O) groups is 3. The molecule has 28 heavy (non-hydrogen) atoms. The second kappa shape index (κ2) is 8.86. The SMILES string of the molecule is O=C(O)CCCCCCCn1c(=O)n(C2CCC(=O)NC2=O)c2ccccc21. The van der Waals surface area contributed by atoms with Gasteiger partial charge in [-0.05, 0) is 31.4 Å². The number of hydrogen-bond donors (Lipinski definition) is 2. The molecule has 1 unspecified atom stereocenters. The summed E-state index contributed by atoms with van der Waals surface area (Å²) in [5.74, 6) is -1.51. The van der Waals surface area contributed by atoms with Crippen molar-refractivity contribution in [1.82, 2.24) is 14.5 Å². The molecule has 8 nitrogen and oxygen atoms in total. The van der Waals surface area contributed by atoms with E-state index in [0.29, 0.717) is 24.9 Å². The maximum Gasteiger partial charge on any atom is 0.329 e. The van der Waals surface area contributed by atoms with Gasteiger partial charge in [0.25, 0.3) is 0 Å². The number of piperidine rings is 1. The molecule has 2 amide bonds. The Hall–Kier alpha value is -2.90. The summed E-state index contributed by atoms with van der Waals surface area (Å²) >= 11 is 0. The van der Waals surface area contributed by atoms with Gasteiger partial charge in [0.05, 0.1) is 11.0 Å². The lowest BCUT2D eigenvalue weighted by atomic mass is 10.1. The number of fused-ring (bicyclic) bond motifs is 1. The molecule has 2 aromatic rings. The molecule has 1 aliphatic heterocycles. The van der Waals surface area contributed by atoms with Gasteiger partial charge in [0, 0.05) is 19.4 Å². The Morgan fingerprint density at radius 3 is 2.43 bits per heavy atom. The summed E-state index contributed by atoms with van der Waals surface area (Å²) in [5, 5.41) is 11.0. The maximum absolute atomic E-state index is 13.1. The lowest BCUT2D eigenvalue weighted by molar-refractivity contribution is -0.137. The van der Waals surface area contributed by atoms with Gasteiger partial charge in [-0.15, -0.1) is 0 Å². The monoisotopic (exact) mass is 387 g/mol. The van der Waals surface area contributed by atoms with Crippen molar-refractivity contribution in [3.05, 3.63) is 34.7 Å². The van der Waals surface area contributed by atoms with Crippen LogP contribution in [0.3, 0.4) is 0 Å². The topological polar surface area (TPSA) is 110 Å². The molecule has 1 atom stereocenters. The first-order chi connectivity index (χ1) is 13.5. The number of carboxylic acids is 1. The molecule has 8 heteroatoms. The van der Waals surface area contributed by atoms with Crippen molar-refractivity contribution in [3.8, 4) is 0 Å². The molecule has 0 bridgehead atoms. The first-order valence-electron chi connectivity index (χ1n) is 9.74. The fraction of sp³-hybridized carbons (Fsp3) is 0.500. The van der Waals surface area contributed by atoms with Gasteiger partial charge in [-0.1, -0.05) is 31.4 Å². The Morgan fingerprint density at radius 2 is 1.71 bits per heavy atom. The van der Waals surface area contributed by atoms with Crippen molar-refractivity contribution >= 4 is 28.8 Å². The van der Waals surface area contributed by atoms with E-state index in [1.807, 2.05) is 24.3 Å². The number of aromatic nitrogens is 2. The minimum atomic E-state index is -0.771. The average Bonchev–Trinajstić information content (AvgIpc) is 2.93. The highest BCUT2D eigenvalue weighted by Gasteiger charge is 2.31. The number of carbonyl (C=O) groups excluding carboxylic acids is 2. The number of aliphatic carboxylic acids is 1. The fourth-order valence-electron chi connectivity index (χ4n) is 3.75. The number of rotatable bonds is 9. The molecule has 2 heterocycles. The number of imidazole rings is 1. The number of para-hydroxylation sites is 2. The van der Waals surface area contributed by atoms with Gasteiger partial charge in [-0.2, -0.15) is 0 Å². The molecule has 0 radical (unpaired) electrons. The Labute approximate surface area is 162 Å². The van der Waals surface area contributed by atoms with Crippen molar-refractivity contribution in [3.63, 3.8) is 0 Å². The summed E-state index contributed by atoms with van der Waals surface area (Å²) in [7, 11) is 0. The van der Waals surface area contributed by atoms with E-state index in [0.717, 1.165) is 31.2 Å². The maximum atomic E-state index is 13.1. The highest BCUT2D eigenvalue weighted by molar-refractivity contribution is 6.00. The molecule has 1 fully saturated rings. The zero-order valence-electron chi connectivity index (χ0n) is 15.7. The second-order valence-electron chi connectivity index (χ2n) is 7.17. The van der Waals surface area contributed by atoms with Gasteiger partial charge >= 0.3 is 11.7 Å². The third kappa shape index (κ3) is 4.32. The number of carboxylic acid groups (broad SMARTS) is 1. The summed E-state index contributed by atoms with van der Waals surface area (Å²) in [6, 6.07) is 6.71. The normalized spacial score (nSPS) is 17.1. The third-order valence-corrected chi connectivity index (χ3v) is 5.16. The summed E-state index contributed by atoms with van der Waals surface area (Å²) in [6.45, 7) is 0.540. The molecular formula is C20H25N3O5. The number of aryl methyl sites for hydroxylation is 1. The average molecular weight is 387 g/mol. The van der Waals surface area contributed by atoms with Crippen LogP contribution in [-0.4, -0.2) is 32.0 Å². The van der Waals surface area contributed by atoms with E-state index >= 15 is 0 Å². The molecule has 1 aromatic heterocycles. The van der Waals surface area contributed by atoms with Gasteiger partial charge in [-0.25, -0.2) is 4.79 Å². The molecule has 2 N–H and O–H groups in total. The van der Waals surface area contributed by atoms with Crippen LogP contribution in [0.5, 0.6) is 0 Å². The lowest BCUT2D eigenvalue weighted by Gasteiger charge is -2.21. The van der Waals surface area contributed by atoms with Crippen molar-refractivity contribution in [2.75, 3.05) is 0 Å². The van der Waals surface area contributed by atoms with Crippen LogP contribution in [0, 0.1) is 0 Å². The Balaban J connectivity index is 1.72. The van der Waals surface area contributed by atoms with E-state index in [4.69, 9.17) is 5.11 Å². The highest BCUT2D eigenvalue weighted by atomic mass is 16.4. The summed E-state index contributed by atoms with van der Waals surface area (Å²) < 4.78 is 3.19. The van der Waals surface area contributed by atoms with Crippen molar-refractivity contribution < 1.29 is 19.5 Å². The third-order valence-electron chi connectivity index (χ3n) is 5.16. The molecule has 3 rings (SSSR count). The van der Waals surface area contributed by atoms with Crippen LogP contribution < -0.4 is 11.0 Å². The predicted octanol–water partition coefficient (Wildman–Crippen LogP) is 2.21. The number of nitrogens with one attached hydrogen (secondary N) is 1. The molecule has 0 aliphatic carbocycles. The summed E-state index contributed by atoms with van der Waals surface area (Å²) in [4.78, 5) is 47.3. The quantitative estimate of drug-likeness (QED) is 0.506. The minimum absolute atomic E-state index is 0.193. The number of hydrogen-bond acceptors (Lipinski definition) is 4. The Morgan fingerprint density at radius 1 is 1.04 bits per heavy atom. The van der Waals surface area contributed by atoms with E-state index in [1.165, 1.54) is 4.57 Å². The van der Waals surface area contributed by atoms with E-state index in [2.05, 4.69) is 5.32 Å². The van der Waals surface area contributed by atoms with Crippen LogP contribution in [0.2, 0.25) is 0 Å². The molecular weight excluding hydrogens is 362 g/mol. The van der Waals surface area contributed by atoms with E-state index in [9.17, 15) is 19.2 Å². The minimum Gasteiger partial charge on any atom is -0.481 e. The van der Waals surface area contributed by atoms with Crippen LogP contribution in [0.15, 0.2) is 29.1 Å². The second-order valence-corrected chi connectivity index (χ2v) is 7.17. The van der Waals surface area contributed by atoms with Gasteiger partial charge in [0.15, 0.2) is 0 Å². The van der Waals surface area contributed by atoms with Gasteiger partial charge in [0.1, 0.15) is 6.04 Å². The lowest BCUT2D eigenvalue weighted by Crippen LogP contribution is -2.44. The van der Waals surface area contributed by atoms with Crippen LogP contribution in [0.25, 0.3) is 11.0 Å². The molecule has 150 valence electrons. The molecule has 0 saturated carbocycles. The van der Waals surface area contributed by atoms with Crippen molar-refractivity contribution in [1.29, 1.82) is 0 Å². The molecule has 0 spiro atoms. The van der Waals surface area contributed by atoms with Crippen molar-refractivity contribution in [2.45, 2.75) is 64.0 Å². The first-order valence-corrected chi connectivity index (χ1v) is 9.74. The Bertz CT molecular complexity index is 943. The van der Waals surface area contributed by atoms with E-state index in [-0.39, 0.29) is 24.4 Å². The molecule has 1 saturated heterocycles. The van der Waals surface area contributed by atoms with E-state index in [1.54, 1.807) is 4.57 Å². The molecule has 1 aromatic carbocycles. The molecule has 1 aliphatic rings. The largest absolute Gasteiger partial charge is 0.481 e. The van der Waals surface area contributed by atoms with Crippen LogP contribution in [0.1, 0.15) is 57.4 Å². The number of nitrogens with zero attached hydrogens (tertiary/aromatic N) is 2. The fourth-order valence-corrected chi connectivity index (χ4v) is 3.75. The Kier molecular flexibility index (Phi) is 6.28. The smallest absolute Gasteiger partial charge is 0.329 e. The van der Waals surface area contributed by atoms with Gasteiger partial charge < -0.3 is 5.11 Å². The van der Waals surface area contributed by atoms with Crippen LogP contribution in [-0.2, 0) is 20.9 Å². The standard InChI is InChI=1S/C20H25N3O5/c24-17-12-11-16(19(27)21-17)23-15-9-6-5-8-14(15)22(20(23)28)13-7-3-1-2-4-10-18(25)26/h5-6,8-9,16H,1-4,7,10-13H2,(H,25,26)(H,21,24,27). The predicted molar refractivity (Wildman–Crippen MR) is 103 cm³/mol.